The second-order valence-corrected chi connectivity index (χ2v) is 5.79. The lowest BCUT2D eigenvalue weighted by molar-refractivity contribution is -0.142. The molecule has 114 valence electrons. The maximum absolute atomic E-state index is 12.2. The summed E-state index contributed by atoms with van der Waals surface area (Å²) < 4.78 is 5.30. The van der Waals surface area contributed by atoms with Gasteiger partial charge in [-0.3, -0.25) is 4.79 Å². The summed E-state index contributed by atoms with van der Waals surface area (Å²) in [6, 6.07) is 0.315. The largest absolute Gasteiger partial charge is 0.481 e. The van der Waals surface area contributed by atoms with Crippen LogP contribution in [0.5, 0.6) is 0 Å². The van der Waals surface area contributed by atoms with E-state index in [0.29, 0.717) is 26.1 Å². The van der Waals surface area contributed by atoms with Gasteiger partial charge in [0.1, 0.15) is 0 Å². The zero-order valence-electron chi connectivity index (χ0n) is 12.0. The highest BCUT2D eigenvalue weighted by molar-refractivity contribution is 5.74. The van der Waals surface area contributed by atoms with Crippen LogP contribution in [0, 0.1) is 5.92 Å². The van der Waals surface area contributed by atoms with E-state index in [0.717, 1.165) is 25.7 Å². The Morgan fingerprint density at radius 3 is 2.25 bits per heavy atom. The van der Waals surface area contributed by atoms with E-state index in [2.05, 4.69) is 5.32 Å². The van der Waals surface area contributed by atoms with Gasteiger partial charge in [0.05, 0.1) is 5.92 Å². The molecule has 1 saturated heterocycles. The number of ether oxygens (including phenoxy) is 1. The molecule has 0 atom stereocenters. The number of carbonyl (C=O) groups is 2. The minimum absolute atomic E-state index is 0.0457. The van der Waals surface area contributed by atoms with Gasteiger partial charge in [-0.25, -0.2) is 4.79 Å². The van der Waals surface area contributed by atoms with E-state index < -0.39 is 5.97 Å². The average Bonchev–Trinajstić information content (AvgIpc) is 2.48. The van der Waals surface area contributed by atoms with E-state index in [-0.39, 0.29) is 24.0 Å². The number of rotatable bonds is 3. The molecule has 6 nitrogen and oxygen atoms in total. The Kier molecular flexibility index (Phi) is 5.23. The van der Waals surface area contributed by atoms with Crippen molar-refractivity contribution < 1.29 is 19.4 Å². The summed E-state index contributed by atoms with van der Waals surface area (Å²) >= 11 is 0. The van der Waals surface area contributed by atoms with Gasteiger partial charge in [-0.1, -0.05) is 0 Å². The fourth-order valence-corrected chi connectivity index (χ4v) is 3.00. The molecule has 2 N–H and O–H groups in total. The SMILES string of the molecule is CN(C(=O)NC1CCC(C(=O)O)CC1)C1CCOCC1. The molecule has 0 radical (unpaired) electrons. The first-order chi connectivity index (χ1) is 9.58. The summed E-state index contributed by atoms with van der Waals surface area (Å²) in [4.78, 5) is 24.8. The average molecular weight is 284 g/mol. The number of aliphatic carboxylic acids is 1. The van der Waals surface area contributed by atoms with Crippen molar-refractivity contribution in [3.63, 3.8) is 0 Å². The number of amides is 2. The summed E-state index contributed by atoms with van der Waals surface area (Å²) in [7, 11) is 1.83. The molecule has 2 amide bonds. The van der Waals surface area contributed by atoms with Crippen LogP contribution in [0.15, 0.2) is 0 Å². The zero-order valence-corrected chi connectivity index (χ0v) is 12.0. The summed E-state index contributed by atoms with van der Waals surface area (Å²) in [5, 5.41) is 12.0. The van der Waals surface area contributed by atoms with Crippen LogP contribution in [0.2, 0.25) is 0 Å². The number of hydrogen-bond donors (Lipinski definition) is 2. The maximum Gasteiger partial charge on any atom is 0.317 e. The monoisotopic (exact) mass is 284 g/mol. The molecule has 0 aromatic carbocycles. The molecular weight excluding hydrogens is 260 g/mol. The van der Waals surface area contributed by atoms with Crippen LogP contribution >= 0.6 is 0 Å². The van der Waals surface area contributed by atoms with Gasteiger partial charge in [-0.2, -0.15) is 0 Å². The molecule has 0 aromatic rings. The van der Waals surface area contributed by atoms with Crippen LogP contribution in [0.4, 0.5) is 4.79 Å². The highest BCUT2D eigenvalue weighted by Crippen LogP contribution is 2.24. The number of carboxylic acids is 1. The van der Waals surface area contributed by atoms with Gasteiger partial charge in [0.25, 0.3) is 0 Å². The second-order valence-electron chi connectivity index (χ2n) is 5.79. The lowest BCUT2D eigenvalue weighted by Crippen LogP contribution is -2.49. The molecule has 2 aliphatic rings. The topological polar surface area (TPSA) is 78.9 Å². The third-order valence-corrected chi connectivity index (χ3v) is 4.46. The second kappa shape index (κ2) is 6.92. The number of urea groups is 1. The van der Waals surface area contributed by atoms with Crippen molar-refractivity contribution in [1.82, 2.24) is 10.2 Å². The molecule has 2 rings (SSSR count). The molecule has 0 unspecified atom stereocenters. The third kappa shape index (κ3) is 3.85. The van der Waals surface area contributed by atoms with E-state index in [9.17, 15) is 9.59 Å². The molecule has 1 aliphatic carbocycles. The highest BCUT2D eigenvalue weighted by Gasteiger charge is 2.29. The Labute approximate surface area is 119 Å². The fourth-order valence-electron chi connectivity index (χ4n) is 3.00. The first-order valence-electron chi connectivity index (χ1n) is 7.42. The zero-order chi connectivity index (χ0) is 14.5. The lowest BCUT2D eigenvalue weighted by atomic mass is 9.86. The molecular formula is C14H24N2O4. The van der Waals surface area contributed by atoms with Crippen molar-refractivity contribution >= 4 is 12.0 Å². The normalized spacial score (nSPS) is 27.9. The fraction of sp³-hybridized carbons (Fsp3) is 0.857. The molecule has 2 fully saturated rings. The van der Waals surface area contributed by atoms with E-state index in [1.54, 1.807) is 4.90 Å². The minimum Gasteiger partial charge on any atom is -0.481 e. The van der Waals surface area contributed by atoms with Gasteiger partial charge in [0, 0.05) is 32.3 Å². The molecule has 0 spiro atoms. The number of hydrogen-bond acceptors (Lipinski definition) is 3. The Morgan fingerprint density at radius 1 is 1.10 bits per heavy atom. The molecule has 20 heavy (non-hydrogen) atoms. The van der Waals surface area contributed by atoms with Crippen molar-refractivity contribution in [2.75, 3.05) is 20.3 Å². The summed E-state index contributed by atoms with van der Waals surface area (Å²) in [6.45, 7) is 1.43. The van der Waals surface area contributed by atoms with Gasteiger partial charge in [-0.15, -0.1) is 0 Å². The van der Waals surface area contributed by atoms with E-state index >= 15 is 0 Å². The van der Waals surface area contributed by atoms with Gasteiger partial charge in [0.15, 0.2) is 0 Å². The number of nitrogens with zero attached hydrogens (tertiary/aromatic N) is 1. The summed E-state index contributed by atoms with van der Waals surface area (Å²) in [5.41, 5.74) is 0. The minimum atomic E-state index is -0.714. The van der Waals surface area contributed by atoms with Crippen LogP contribution in [0.3, 0.4) is 0 Å². The van der Waals surface area contributed by atoms with Gasteiger partial charge in [-0.05, 0) is 38.5 Å². The first-order valence-corrected chi connectivity index (χ1v) is 7.42. The van der Waals surface area contributed by atoms with Crippen molar-refractivity contribution in [3.8, 4) is 0 Å². The Hall–Kier alpha value is -1.30. The predicted octanol–water partition coefficient (Wildman–Crippen LogP) is 1.45. The number of carboxylic acid groups (broad SMARTS) is 1. The van der Waals surface area contributed by atoms with Gasteiger partial charge >= 0.3 is 12.0 Å². The lowest BCUT2D eigenvalue weighted by Gasteiger charge is -2.34. The van der Waals surface area contributed by atoms with Crippen LogP contribution in [0.25, 0.3) is 0 Å². The third-order valence-electron chi connectivity index (χ3n) is 4.46. The van der Waals surface area contributed by atoms with Crippen molar-refractivity contribution in [2.24, 2.45) is 5.92 Å². The summed E-state index contributed by atoms with van der Waals surface area (Å²) in [6.07, 6.45) is 4.59. The quantitative estimate of drug-likeness (QED) is 0.822. The van der Waals surface area contributed by atoms with Crippen molar-refractivity contribution in [1.29, 1.82) is 0 Å². The molecule has 1 aliphatic heterocycles. The molecule has 0 bridgehead atoms. The van der Waals surface area contributed by atoms with Gasteiger partial charge < -0.3 is 20.1 Å². The summed E-state index contributed by atoms with van der Waals surface area (Å²) in [5.74, 6) is -0.953. The van der Waals surface area contributed by atoms with E-state index in [1.807, 2.05) is 7.05 Å². The molecule has 6 heteroatoms. The van der Waals surface area contributed by atoms with Crippen LogP contribution in [0.1, 0.15) is 38.5 Å². The van der Waals surface area contributed by atoms with E-state index in [4.69, 9.17) is 9.84 Å². The smallest absolute Gasteiger partial charge is 0.317 e. The van der Waals surface area contributed by atoms with Crippen LogP contribution in [-0.2, 0) is 9.53 Å². The Bertz CT molecular complexity index is 347. The maximum atomic E-state index is 12.2. The van der Waals surface area contributed by atoms with Crippen LogP contribution in [-0.4, -0.2) is 54.4 Å². The van der Waals surface area contributed by atoms with Gasteiger partial charge in [0.2, 0.25) is 0 Å². The number of nitrogens with one attached hydrogen (secondary N) is 1. The van der Waals surface area contributed by atoms with Crippen LogP contribution < -0.4 is 5.32 Å². The Balaban J connectivity index is 1.75. The molecule has 1 heterocycles. The standard InChI is InChI=1S/C14H24N2O4/c1-16(12-6-8-20-9-7-12)14(19)15-11-4-2-10(3-5-11)13(17)18/h10-12H,2-9H2,1H3,(H,15,19)(H,17,18). The predicted molar refractivity (Wildman–Crippen MR) is 73.5 cm³/mol. The van der Waals surface area contributed by atoms with Crippen molar-refractivity contribution in [2.45, 2.75) is 50.6 Å². The molecule has 1 saturated carbocycles. The molecule has 0 aromatic heterocycles. The first kappa shape index (κ1) is 15.1. The Morgan fingerprint density at radius 2 is 1.70 bits per heavy atom. The number of carbonyl (C=O) groups excluding carboxylic acids is 1. The van der Waals surface area contributed by atoms with E-state index in [1.165, 1.54) is 0 Å². The van der Waals surface area contributed by atoms with Crippen molar-refractivity contribution in [3.05, 3.63) is 0 Å². The highest BCUT2D eigenvalue weighted by atomic mass is 16.5.